The Balaban J connectivity index is 1.31. The van der Waals surface area contributed by atoms with Gasteiger partial charge in [-0.1, -0.05) is 0 Å². The summed E-state index contributed by atoms with van der Waals surface area (Å²) in [6.07, 6.45) is -13.2. The van der Waals surface area contributed by atoms with Crippen LogP contribution in [-0.4, -0.2) is 409 Å². The molecular weight excluding hydrogens is 1670 g/mol. The molecule has 0 bridgehead atoms. The van der Waals surface area contributed by atoms with Crippen LogP contribution in [-0.2, 0) is 119 Å². The van der Waals surface area contributed by atoms with Gasteiger partial charge in [0.2, 0.25) is 65.0 Å². The molecule has 4 fully saturated rings. The predicted octanol–water partition coefficient (Wildman–Crippen LogP) is -7.79. The molecule has 728 valence electrons. The largest absolute Gasteiger partial charge is 0.394 e. The maximum atomic E-state index is 13.9. The molecule has 4 rings (SSSR count). The van der Waals surface area contributed by atoms with Gasteiger partial charge < -0.3 is 176 Å². The van der Waals surface area contributed by atoms with E-state index in [1.54, 1.807) is 0 Å². The number of amides is 11. The molecule has 11 amide bonds. The van der Waals surface area contributed by atoms with Crippen molar-refractivity contribution in [2.75, 3.05) is 171 Å². The number of hydrogen-bond donors (Lipinski definition) is 21. The second-order valence-electron chi connectivity index (χ2n) is 32.1. The van der Waals surface area contributed by atoms with Gasteiger partial charge in [-0.25, -0.2) is 0 Å². The highest BCUT2D eigenvalue weighted by atomic mass is 16.7. The first-order chi connectivity index (χ1) is 60.2. The van der Waals surface area contributed by atoms with Gasteiger partial charge in [0, 0.05) is 125 Å². The normalized spacial score (nSPS) is 25.4. The van der Waals surface area contributed by atoms with Crippen molar-refractivity contribution < 1.29 is 170 Å². The quantitative estimate of drug-likeness (QED) is 0.0252. The van der Waals surface area contributed by atoms with Crippen LogP contribution in [0.5, 0.6) is 0 Å². The molecule has 0 aliphatic carbocycles. The Labute approximate surface area is 734 Å². The highest BCUT2D eigenvalue weighted by Crippen LogP contribution is 2.27. The minimum atomic E-state index is -1.57. The van der Waals surface area contributed by atoms with Gasteiger partial charge in [0.1, 0.15) is 97.9 Å². The van der Waals surface area contributed by atoms with Gasteiger partial charge in [-0.2, -0.15) is 0 Å². The van der Waals surface area contributed by atoms with Crippen LogP contribution in [0.1, 0.15) is 151 Å². The summed E-state index contributed by atoms with van der Waals surface area (Å²) in [5.74, 6) is -4.66. The van der Waals surface area contributed by atoms with Crippen molar-refractivity contribution in [3.63, 3.8) is 0 Å². The third kappa shape index (κ3) is 46.6. The standard InChI is InChI=1S/C80H143N11O35/c1-50(95)88-67-73(110)70(107)55(41-92)124-76(67)119-30-10-7-16-59(99)81-24-13-27-84-62(102)21-33-116-47-80(91-66(106)46-115-39-37-113-36-38-114-45-65(105)87-40-53-19-20-54(98)58(123-53)44-122-79(4,5)6,48-117-34-22-63(103)85-28-14-25-82-60(100)17-8-11-31-120-77-68(89-51(2)96)74(111)71(108)56(42-93)125-77)49-118-35-23-64(104)86-29-15-26-83-61(101)18-9-12-32-121-78-69(90-52(3)97)75(112)72(109)57(43-94)126-78/h53-58,67-78,92-94,98,107-112H,7-49H2,1-6H3,(H,81,99)(H,82,100)(H,83,101)(H,84,102)(H,85,103)(H,86,104)(H,87,105)(H,88,95)(H,89,96)(H,90,97)(H,91,106)/t53-,54+,55?,56?,57?,58-,67?,68?,69?,70?,71?,72?,73?,74?,75?,76?,77?,78?,80?/m1/s1. The van der Waals surface area contributed by atoms with Crippen molar-refractivity contribution >= 4 is 65.0 Å². The Morgan fingerprint density at radius 1 is 0.341 bits per heavy atom. The number of hydrogen-bond acceptors (Lipinski definition) is 35. The van der Waals surface area contributed by atoms with Gasteiger partial charge in [-0.05, 0) is 91.4 Å². The van der Waals surface area contributed by atoms with E-state index in [1.165, 1.54) is 20.8 Å². The van der Waals surface area contributed by atoms with Gasteiger partial charge >= 0.3 is 0 Å². The average Bonchev–Trinajstić information content (AvgIpc) is 0.815. The summed E-state index contributed by atoms with van der Waals surface area (Å²) in [5.41, 5.74) is -2.00. The topological polar surface area (TPSA) is 652 Å². The average molecular weight is 1820 g/mol. The second-order valence-corrected chi connectivity index (χ2v) is 32.1. The van der Waals surface area contributed by atoms with E-state index in [0.29, 0.717) is 70.6 Å². The summed E-state index contributed by atoms with van der Waals surface area (Å²) in [6.45, 7) is 6.91. The monoisotopic (exact) mass is 1820 g/mol. The first kappa shape index (κ1) is 112. The Bertz CT molecular complexity index is 2910. The molecule has 46 heteroatoms. The lowest BCUT2D eigenvalue weighted by Crippen LogP contribution is -2.64. The van der Waals surface area contributed by atoms with Crippen LogP contribution >= 0.6 is 0 Å². The first-order valence-corrected chi connectivity index (χ1v) is 43.3. The SMILES string of the molecule is CC(=O)NC1C(OCCCCC(=O)NCCCNC(=O)CCOCC(COCCC(=O)NCCCNC(=O)CCCCOC2OC(CO)C(O)C(O)C2NC(C)=O)(COCCC(=O)NCCCNC(=O)CCCCOC2OC(CO)C(O)C(O)C2NC(C)=O)NC(=O)COCCOCCOCC(=O)NC[C@H]2CC[C@H](O)[C@@H](COC(C)(C)C)O2)OC(CO)C(O)C1O. The Kier molecular flexibility index (Phi) is 56.0. The fourth-order valence-corrected chi connectivity index (χ4v) is 13.2. The Hall–Kier alpha value is -6.79. The van der Waals surface area contributed by atoms with Gasteiger partial charge in [0.25, 0.3) is 0 Å². The minimum Gasteiger partial charge on any atom is -0.394 e. The smallest absolute Gasteiger partial charge is 0.246 e. The van der Waals surface area contributed by atoms with Crippen molar-refractivity contribution in [3.8, 4) is 0 Å². The van der Waals surface area contributed by atoms with Crippen molar-refractivity contribution in [1.29, 1.82) is 0 Å². The Morgan fingerprint density at radius 2 is 0.667 bits per heavy atom. The highest BCUT2D eigenvalue weighted by molar-refractivity contribution is 5.80. The molecular formula is C80H143N11O35. The third-order valence-corrected chi connectivity index (χ3v) is 19.9. The molecule has 4 heterocycles. The molecule has 4 aliphatic rings. The summed E-state index contributed by atoms with van der Waals surface area (Å²) in [6, 6.07) is -3.33. The molecule has 0 radical (unpaired) electrons. The molecule has 0 spiro atoms. The van der Waals surface area contributed by atoms with Crippen LogP contribution in [0.15, 0.2) is 0 Å². The summed E-state index contributed by atoms with van der Waals surface area (Å²) in [4.78, 5) is 139. The number of carbonyl (C=O) groups excluding carboxylic acids is 11. The maximum Gasteiger partial charge on any atom is 0.246 e. The van der Waals surface area contributed by atoms with E-state index in [4.69, 9.17) is 66.3 Å². The zero-order valence-electron chi connectivity index (χ0n) is 73.5. The fraction of sp³-hybridized carbons (Fsp3) is 0.863. The second kappa shape index (κ2) is 63.3. The molecule has 0 saturated carbocycles. The lowest BCUT2D eigenvalue weighted by Gasteiger charge is -2.42. The molecule has 18 atom stereocenters. The van der Waals surface area contributed by atoms with Crippen molar-refractivity contribution in [1.82, 2.24) is 58.5 Å². The van der Waals surface area contributed by atoms with Crippen LogP contribution in [0.3, 0.4) is 0 Å². The van der Waals surface area contributed by atoms with Crippen molar-refractivity contribution in [2.45, 2.75) is 272 Å². The maximum absolute atomic E-state index is 13.9. The Morgan fingerprint density at radius 3 is 0.992 bits per heavy atom. The summed E-state index contributed by atoms with van der Waals surface area (Å²) in [5, 5.41) is 131. The van der Waals surface area contributed by atoms with E-state index in [2.05, 4.69) is 58.5 Å². The number of rotatable bonds is 66. The summed E-state index contributed by atoms with van der Waals surface area (Å²) < 4.78 is 80.6. The molecule has 0 aromatic carbocycles. The van der Waals surface area contributed by atoms with E-state index in [1.807, 2.05) is 20.8 Å². The number of nitrogens with one attached hydrogen (secondary N) is 11. The molecule has 46 nitrogen and oxygen atoms in total. The zero-order chi connectivity index (χ0) is 92.8. The molecule has 0 aromatic rings. The molecule has 0 aromatic heterocycles. The summed E-state index contributed by atoms with van der Waals surface area (Å²) in [7, 11) is 0. The predicted molar refractivity (Wildman–Crippen MR) is 440 cm³/mol. The fourth-order valence-electron chi connectivity index (χ4n) is 13.2. The van der Waals surface area contributed by atoms with Crippen LogP contribution in [0.25, 0.3) is 0 Å². The van der Waals surface area contributed by atoms with Crippen LogP contribution in [0.4, 0.5) is 0 Å². The van der Waals surface area contributed by atoms with E-state index < -0.39 is 183 Å². The van der Waals surface area contributed by atoms with E-state index in [-0.39, 0.29) is 213 Å². The van der Waals surface area contributed by atoms with Gasteiger partial charge in [-0.3, -0.25) is 52.7 Å². The molecule has 4 aliphatic heterocycles. The molecule has 126 heavy (non-hydrogen) atoms. The zero-order valence-corrected chi connectivity index (χ0v) is 73.5. The van der Waals surface area contributed by atoms with Crippen molar-refractivity contribution in [2.24, 2.45) is 0 Å². The number of aliphatic hydroxyl groups excluding tert-OH is 10. The first-order valence-electron chi connectivity index (χ1n) is 43.3. The number of aliphatic hydroxyl groups is 10. The van der Waals surface area contributed by atoms with Gasteiger partial charge in [0.05, 0.1) is 110 Å². The van der Waals surface area contributed by atoms with E-state index in [0.717, 1.165) is 0 Å². The van der Waals surface area contributed by atoms with E-state index >= 15 is 0 Å². The summed E-state index contributed by atoms with van der Waals surface area (Å²) >= 11 is 0. The van der Waals surface area contributed by atoms with Crippen LogP contribution < -0.4 is 58.5 Å². The number of ether oxygens (including phenoxy) is 14. The molecule has 15 unspecified atom stereocenters. The third-order valence-electron chi connectivity index (χ3n) is 19.9. The van der Waals surface area contributed by atoms with Crippen molar-refractivity contribution in [3.05, 3.63) is 0 Å². The number of unbranched alkanes of at least 4 members (excludes halogenated alkanes) is 3. The molecule has 21 N–H and O–H groups in total. The molecule has 4 saturated heterocycles. The lowest BCUT2D eigenvalue weighted by molar-refractivity contribution is -0.270. The lowest BCUT2D eigenvalue weighted by atomic mass is 9.97. The van der Waals surface area contributed by atoms with E-state index in [9.17, 15) is 104 Å². The number of carbonyl (C=O) groups is 11. The minimum absolute atomic E-state index is 0.0114. The van der Waals surface area contributed by atoms with Gasteiger partial charge in [0.15, 0.2) is 18.9 Å². The van der Waals surface area contributed by atoms with Gasteiger partial charge in [-0.15, -0.1) is 0 Å². The highest BCUT2D eigenvalue weighted by Gasteiger charge is 2.48. The van der Waals surface area contributed by atoms with Crippen LogP contribution in [0.2, 0.25) is 0 Å². The van der Waals surface area contributed by atoms with Crippen LogP contribution in [0, 0.1) is 0 Å².